The molecule has 0 aromatic rings. The largest absolute Gasteiger partial charge is 0.231 e. The van der Waals surface area contributed by atoms with Crippen molar-refractivity contribution in [3.8, 4) is 0 Å². The van der Waals surface area contributed by atoms with Crippen molar-refractivity contribution in [3.63, 3.8) is 0 Å². The van der Waals surface area contributed by atoms with E-state index in [0.717, 1.165) is 23.8 Å². The van der Waals surface area contributed by atoms with Gasteiger partial charge in [0.1, 0.15) is 0 Å². The summed E-state index contributed by atoms with van der Waals surface area (Å²) in [5.41, 5.74) is 0.938. The average Bonchev–Trinajstić information content (AvgIpc) is 2.12. The number of hydrogen-bond acceptors (Lipinski definition) is 2. The summed E-state index contributed by atoms with van der Waals surface area (Å²) in [4.78, 5) is 0. The van der Waals surface area contributed by atoms with Crippen molar-refractivity contribution in [2.45, 2.75) is 12.8 Å². The number of primary sulfonamides is 1. The van der Waals surface area contributed by atoms with Crippen molar-refractivity contribution in [2.75, 3.05) is 0 Å². The first-order valence-electron chi connectivity index (χ1n) is 2.30. The number of allylic oxidation sites excluding steroid dienone is 1. The Morgan fingerprint density at radius 3 is 2.12 bits per heavy atom. The van der Waals surface area contributed by atoms with Crippen LogP contribution in [0.4, 0.5) is 0 Å². The molecule has 0 aromatic carbocycles. The molecule has 0 unspecified atom stereocenters. The summed E-state index contributed by atoms with van der Waals surface area (Å²) in [7, 11) is -3.32. The fraction of sp³-hybridized carbons (Fsp3) is 0.500. The van der Waals surface area contributed by atoms with Crippen LogP contribution in [0.1, 0.15) is 12.8 Å². The standard InChI is InChI=1S/C4H7NO2S/c5-8(6,7)3-4-1-2-4/h3H,1-2H2,(H2,5,6,7). The zero-order valence-electron chi connectivity index (χ0n) is 4.29. The van der Waals surface area contributed by atoms with Gasteiger partial charge in [-0.05, 0) is 12.8 Å². The molecule has 0 spiro atoms. The molecule has 0 aromatic heterocycles. The van der Waals surface area contributed by atoms with E-state index in [9.17, 15) is 8.42 Å². The van der Waals surface area contributed by atoms with Crippen molar-refractivity contribution >= 4 is 10.0 Å². The summed E-state index contributed by atoms with van der Waals surface area (Å²) in [6.45, 7) is 0. The van der Waals surface area contributed by atoms with Gasteiger partial charge in [0.15, 0.2) is 0 Å². The number of nitrogens with two attached hydrogens (primary N) is 1. The molecule has 1 saturated carbocycles. The molecule has 0 atom stereocenters. The highest BCUT2D eigenvalue weighted by molar-refractivity contribution is 7.92. The smallest absolute Gasteiger partial charge is 0.225 e. The van der Waals surface area contributed by atoms with Gasteiger partial charge >= 0.3 is 0 Å². The van der Waals surface area contributed by atoms with Gasteiger partial charge in [-0.3, -0.25) is 0 Å². The van der Waals surface area contributed by atoms with E-state index in [1.807, 2.05) is 0 Å². The molecular formula is C4H7NO2S. The fourth-order valence-corrected chi connectivity index (χ4v) is 1.12. The highest BCUT2D eigenvalue weighted by Crippen LogP contribution is 2.27. The van der Waals surface area contributed by atoms with E-state index in [0.29, 0.717) is 0 Å². The molecule has 0 aliphatic heterocycles. The second-order valence-electron chi connectivity index (χ2n) is 1.87. The van der Waals surface area contributed by atoms with Crippen LogP contribution >= 0.6 is 0 Å². The Hall–Kier alpha value is -0.350. The van der Waals surface area contributed by atoms with Crippen LogP contribution in [0.15, 0.2) is 11.0 Å². The van der Waals surface area contributed by atoms with Crippen LogP contribution in [-0.4, -0.2) is 8.42 Å². The SMILES string of the molecule is NS(=O)(=O)C=C1CC1. The Balaban J connectivity index is 2.77. The highest BCUT2D eigenvalue weighted by Gasteiger charge is 2.13. The van der Waals surface area contributed by atoms with Crippen molar-refractivity contribution in [3.05, 3.63) is 11.0 Å². The van der Waals surface area contributed by atoms with Crippen LogP contribution in [0.25, 0.3) is 0 Å². The molecule has 0 amide bonds. The van der Waals surface area contributed by atoms with Crippen LogP contribution < -0.4 is 5.14 Å². The summed E-state index contributed by atoms with van der Waals surface area (Å²) in [5.74, 6) is 0. The molecule has 2 N–H and O–H groups in total. The quantitative estimate of drug-likeness (QED) is 0.545. The topological polar surface area (TPSA) is 60.2 Å². The third-order valence-corrected chi connectivity index (χ3v) is 1.53. The molecule has 0 bridgehead atoms. The minimum atomic E-state index is -3.32. The highest BCUT2D eigenvalue weighted by atomic mass is 32.2. The number of sulfonamides is 1. The van der Waals surface area contributed by atoms with E-state index in [1.54, 1.807) is 0 Å². The second kappa shape index (κ2) is 1.56. The Kier molecular flexibility index (Phi) is 1.13. The molecule has 8 heavy (non-hydrogen) atoms. The third kappa shape index (κ3) is 2.09. The van der Waals surface area contributed by atoms with E-state index < -0.39 is 10.0 Å². The van der Waals surface area contributed by atoms with E-state index in [-0.39, 0.29) is 0 Å². The Morgan fingerprint density at radius 2 is 2.00 bits per heavy atom. The molecule has 0 heterocycles. The predicted molar refractivity (Wildman–Crippen MR) is 30.4 cm³/mol. The van der Waals surface area contributed by atoms with Crippen molar-refractivity contribution < 1.29 is 8.42 Å². The number of rotatable bonds is 1. The van der Waals surface area contributed by atoms with Crippen molar-refractivity contribution in [1.29, 1.82) is 0 Å². The Morgan fingerprint density at radius 1 is 1.50 bits per heavy atom. The summed E-state index contributed by atoms with van der Waals surface area (Å²) >= 11 is 0. The van der Waals surface area contributed by atoms with Gasteiger partial charge in [-0.2, -0.15) is 0 Å². The van der Waals surface area contributed by atoms with Crippen LogP contribution in [0.5, 0.6) is 0 Å². The Bertz CT molecular complexity index is 208. The first-order chi connectivity index (χ1) is 3.58. The summed E-state index contributed by atoms with van der Waals surface area (Å²) in [5, 5.41) is 5.80. The van der Waals surface area contributed by atoms with E-state index in [1.165, 1.54) is 0 Å². The monoisotopic (exact) mass is 133 g/mol. The molecular weight excluding hydrogens is 126 g/mol. The van der Waals surface area contributed by atoms with E-state index in [2.05, 4.69) is 5.14 Å². The molecule has 0 radical (unpaired) electrons. The summed E-state index contributed by atoms with van der Waals surface area (Å²) < 4.78 is 20.4. The number of hydrogen-bond donors (Lipinski definition) is 1. The van der Waals surface area contributed by atoms with Crippen molar-refractivity contribution in [2.24, 2.45) is 5.14 Å². The van der Waals surface area contributed by atoms with Gasteiger partial charge in [0.2, 0.25) is 10.0 Å². The maximum absolute atomic E-state index is 10.2. The van der Waals surface area contributed by atoms with E-state index >= 15 is 0 Å². The molecule has 1 fully saturated rings. The molecule has 3 nitrogen and oxygen atoms in total. The van der Waals surface area contributed by atoms with Gasteiger partial charge in [-0.15, -0.1) is 0 Å². The van der Waals surface area contributed by atoms with Crippen LogP contribution in [0, 0.1) is 0 Å². The first kappa shape index (κ1) is 5.78. The van der Waals surface area contributed by atoms with Crippen molar-refractivity contribution in [1.82, 2.24) is 0 Å². The van der Waals surface area contributed by atoms with Gasteiger partial charge < -0.3 is 0 Å². The maximum atomic E-state index is 10.2. The van der Waals surface area contributed by atoms with Gasteiger partial charge in [-0.1, -0.05) is 5.57 Å². The minimum absolute atomic E-state index is 0.899. The summed E-state index contributed by atoms with van der Waals surface area (Å²) in [6.07, 6.45) is 1.80. The molecule has 46 valence electrons. The molecule has 0 saturated heterocycles. The van der Waals surface area contributed by atoms with Crippen LogP contribution in [0.3, 0.4) is 0 Å². The zero-order chi connectivity index (χ0) is 6.20. The normalized spacial score (nSPS) is 18.4. The fourth-order valence-electron chi connectivity index (χ4n) is 0.422. The lowest BCUT2D eigenvalue weighted by Gasteiger charge is -1.79. The first-order valence-corrected chi connectivity index (χ1v) is 3.91. The van der Waals surface area contributed by atoms with Gasteiger partial charge in [-0.25, -0.2) is 13.6 Å². The zero-order valence-corrected chi connectivity index (χ0v) is 5.11. The second-order valence-corrected chi connectivity index (χ2v) is 3.28. The lowest BCUT2D eigenvalue weighted by Crippen LogP contribution is -2.06. The van der Waals surface area contributed by atoms with Crippen LogP contribution in [-0.2, 0) is 10.0 Å². The lowest BCUT2D eigenvalue weighted by molar-refractivity contribution is 0.606. The minimum Gasteiger partial charge on any atom is -0.225 e. The molecule has 4 heteroatoms. The maximum Gasteiger partial charge on any atom is 0.231 e. The predicted octanol–water partition coefficient (Wildman–Crippen LogP) is -0.0474. The molecule has 1 rings (SSSR count). The van der Waals surface area contributed by atoms with Crippen LogP contribution in [0.2, 0.25) is 0 Å². The van der Waals surface area contributed by atoms with Gasteiger partial charge in [0.25, 0.3) is 0 Å². The van der Waals surface area contributed by atoms with E-state index in [4.69, 9.17) is 0 Å². The van der Waals surface area contributed by atoms with Gasteiger partial charge in [0.05, 0.1) is 0 Å². The summed E-state index contributed by atoms with van der Waals surface area (Å²) in [6, 6.07) is 0. The third-order valence-electron chi connectivity index (χ3n) is 0.870. The Labute approximate surface area is 48.2 Å². The molecule has 1 aliphatic carbocycles. The van der Waals surface area contributed by atoms with Gasteiger partial charge in [0, 0.05) is 5.41 Å². The molecule has 1 aliphatic rings. The average molecular weight is 133 g/mol. The lowest BCUT2D eigenvalue weighted by atomic mass is 10.7.